The van der Waals surface area contributed by atoms with Gasteiger partial charge in [0.15, 0.2) is 0 Å². The molecule has 0 saturated carbocycles. The number of amides is 1. The molecule has 0 spiro atoms. The molecule has 1 aliphatic heterocycles. The van der Waals surface area contributed by atoms with Crippen molar-refractivity contribution in [3.63, 3.8) is 0 Å². The molecule has 0 aromatic carbocycles. The molecule has 1 fully saturated rings. The summed E-state index contributed by atoms with van der Waals surface area (Å²) in [6, 6.07) is 0.550. The quantitative estimate of drug-likeness (QED) is 0.750. The number of nitrogens with zero attached hydrogens (tertiary/aromatic N) is 2. The van der Waals surface area contributed by atoms with E-state index in [0.29, 0.717) is 35.7 Å². The lowest BCUT2D eigenvalue weighted by atomic mass is 10.2. The van der Waals surface area contributed by atoms with E-state index in [1.165, 1.54) is 0 Å². The molecular formula is C13H25N3OS2. The number of hydrogen-bond donors (Lipinski definition) is 1. The Hall–Kier alpha value is -0.330. The predicted molar refractivity (Wildman–Crippen MR) is 86.6 cm³/mol. The number of hydrogen-bond acceptors (Lipinski definition) is 4. The minimum Gasteiger partial charge on any atom is -0.393 e. The van der Waals surface area contributed by atoms with Gasteiger partial charge in [0.25, 0.3) is 0 Å². The highest BCUT2D eigenvalue weighted by molar-refractivity contribution is 8.00. The predicted octanol–water partition coefficient (Wildman–Crippen LogP) is 1.34. The third-order valence-electron chi connectivity index (χ3n) is 3.75. The zero-order valence-electron chi connectivity index (χ0n) is 12.1. The monoisotopic (exact) mass is 303 g/mol. The molecule has 1 heterocycles. The van der Waals surface area contributed by atoms with Crippen LogP contribution in [0.1, 0.15) is 26.7 Å². The summed E-state index contributed by atoms with van der Waals surface area (Å²) in [4.78, 5) is 16.6. The third-order valence-corrected chi connectivity index (χ3v) is 5.29. The first-order chi connectivity index (χ1) is 8.91. The Kier molecular flexibility index (Phi) is 7.10. The van der Waals surface area contributed by atoms with Crippen molar-refractivity contribution in [1.82, 2.24) is 9.80 Å². The van der Waals surface area contributed by atoms with Crippen molar-refractivity contribution in [2.45, 2.75) is 38.0 Å². The van der Waals surface area contributed by atoms with E-state index in [1.54, 1.807) is 4.90 Å². The largest absolute Gasteiger partial charge is 0.393 e. The Morgan fingerprint density at radius 2 is 2.16 bits per heavy atom. The molecule has 1 amide bonds. The molecule has 4 nitrogen and oxygen atoms in total. The highest BCUT2D eigenvalue weighted by atomic mass is 32.2. The van der Waals surface area contributed by atoms with Crippen LogP contribution in [0.4, 0.5) is 0 Å². The fourth-order valence-corrected chi connectivity index (χ4v) is 3.40. The standard InChI is InChI=1S/C13H25N3OS2/c1-10-11(2)19-9-8-16(10)7-5-13(17)15(3)6-4-12(14)18/h10-11H,4-9H2,1-3H3,(H2,14,18). The zero-order valence-corrected chi connectivity index (χ0v) is 13.7. The summed E-state index contributed by atoms with van der Waals surface area (Å²) in [5.74, 6) is 1.34. The topological polar surface area (TPSA) is 49.6 Å². The Balaban J connectivity index is 2.30. The van der Waals surface area contributed by atoms with Gasteiger partial charge < -0.3 is 10.6 Å². The maximum atomic E-state index is 12.0. The van der Waals surface area contributed by atoms with Gasteiger partial charge in [0, 0.05) is 56.6 Å². The summed E-state index contributed by atoms with van der Waals surface area (Å²) in [5, 5.41) is 0.649. The van der Waals surface area contributed by atoms with Gasteiger partial charge >= 0.3 is 0 Å². The molecule has 1 rings (SSSR count). The van der Waals surface area contributed by atoms with Gasteiger partial charge in [-0.2, -0.15) is 11.8 Å². The van der Waals surface area contributed by atoms with Crippen LogP contribution in [0.2, 0.25) is 0 Å². The van der Waals surface area contributed by atoms with Crippen LogP contribution in [0.15, 0.2) is 0 Å². The van der Waals surface area contributed by atoms with Crippen LogP contribution in [-0.4, -0.2) is 64.4 Å². The summed E-state index contributed by atoms with van der Waals surface area (Å²) in [6.07, 6.45) is 1.18. The van der Waals surface area contributed by atoms with Crippen LogP contribution < -0.4 is 5.73 Å². The number of carbonyl (C=O) groups excluding carboxylic acids is 1. The van der Waals surface area contributed by atoms with E-state index in [0.717, 1.165) is 18.8 Å². The van der Waals surface area contributed by atoms with E-state index in [4.69, 9.17) is 18.0 Å². The summed E-state index contributed by atoms with van der Waals surface area (Å²) < 4.78 is 0. The molecule has 2 N–H and O–H groups in total. The van der Waals surface area contributed by atoms with Crippen LogP contribution in [0, 0.1) is 0 Å². The number of thiocarbonyl (C=S) groups is 1. The summed E-state index contributed by atoms with van der Waals surface area (Å²) in [7, 11) is 1.82. The molecule has 1 aliphatic rings. The summed E-state index contributed by atoms with van der Waals surface area (Å²) in [5.41, 5.74) is 5.45. The number of nitrogens with two attached hydrogens (primary N) is 1. The van der Waals surface area contributed by atoms with Gasteiger partial charge in [-0.1, -0.05) is 19.1 Å². The highest BCUT2D eigenvalue weighted by Gasteiger charge is 2.25. The zero-order chi connectivity index (χ0) is 14.4. The van der Waals surface area contributed by atoms with Crippen molar-refractivity contribution < 1.29 is 4.79 Å². The van der Waals surface area contributed by atoms with Crippen molar-refractivity contribution in [3.05, 3.63) is 0 Å². The second kappa shape index (κ2) is 8.07. The lowest BCUT2D eigenvalue weighted by molar-refractivity contribution is -0.130. The lowest BCUT2D eigenvalue weighted by Crippen LogP contribution is -2.46. The fourth-order valence-electron chi connectivity index (χ4n) is 2.14. The molecule has 0 aromatic rings. The van der Waals surface area contributed by atoms with E-state index in [2.05, 4.69) is 18.7 Å². The highest BCUT2D eigenvalue weighted by Crippen LogP contribution is 2.24. The van der Waals surface area contributed by atoms with Crippen molar-refractivity contribution >= 4 is 34.9 Å². The van der Waals surface area contributed by atoms with Crippen molar-refractivity contribution in [2.75, 3.05) is 32.4 Å². The molecule has 0 radical (unpaired) electrons. The van der Waals surface area contributed by atoms with Crippen LogP contribution >= 0.6 is 24.0 Å². The molecule has 0 aliphatic carbocycles. The average Bonchev–Trinajstić information content (AvgIpc) is 2.37. The number of thioether (sulfide) groups is 1. The molecule has 110 valence electrons. The van der Waals surface area contributed by atoms with Crippen molar-refractivity contribution in [1.29, 1.82) is 0 Å². The molecule has 6 heteroatoms. The van der Waals surface area contributed by atoms with Crippen LogP contribution in [0.5, 0.6) is 0 Å². The SMILES string of the molecule is CC1SCCN(CCC(=O)N(C)CCC(N)=S)C1C. The minimum absolute atomic E-state index is 0.175. The van der Waals surface area contributed by atoms with Crippen LogP contribution in [0.25, 0.3) is 0 Å². The Morgan fingerprint density at radius 3 is 2.79 bits per heavy atom. The molecular weight excluding hydrogens is 278 g/mol. The van der Waals surface area contributed by atoms with Crippen LogP contribution in [-0.2, 0) is 4.79 Å². The fraction of sp³-hybridized carbons (Fsp3) is 0.846. The average molecular weight is 303 g/mol. The molecule has 0 bridgehead atoms. The smallest absolute Gasteiger partial charge is 0.223 e. The minimum atomic E-state index is 0.175. The van der Waals surface area contributed by atoms with E-state index >= 15 is 0 Å². The maximum absolute atomic E-state index is 12.0. The second-order valence-corrected chi connectivity index (χ2v) is 7.14. The van der Waals surface area contributed by atoms with Gasteiger partial charge in [0.1, 0.15) is 0 Å². The summed E-state index contributed by atoms with van der Waals surface area (Å²) >= 11 is 6.84. The Labute approximate surface area is 126 Å². The summed E-state index contributed by atoms with van der Waals surface area (Å²) in [6.45, 7) is 7.06. The maximum Gasteiger partial charge on any atom is 0.223 e. The van der Waals surface area contributed by atoms with E-state index < -0.39 is 0 Å². The van der Waals surface area contributed by atoms with E-state index in [1.807, 2.05) is 18.8 Å². The van der Waals surface area contributed by atoms with Crippen LogP contribution in [0.3, 0.4) is 0 Å². The molecule has 1 saturated heterocycles. The van der Waals surface area contributed by atoms with Gasteiger partial charge in [-0.15, -0.1) is 0 Å². The lowest BCUT2D eigenvalue weighted by Gasteiger charge is -2.37. The third kappa shape index (κ3) is 5.67. The first kappa shape index (κ1) is 16.7. The Bertz CT molecular complexity index is 325. The molecule has 19 heavy (non-hydrogen) atoms. The molecule has 2 unspecified atom stereocenters. The first-order valence-corrected chi connectivity index (χ1v) is 8.25. The number of rotatable bonds is 6. The number of carbonyl (C=O) groups is 1. The molecule has 0 aromatic heterocycles. The van der Waals surface area contributed by atoms with Crippen molar-refractivity contribution in [3.8, 4) is 0 Å². The normalized spacial score (nSPS) is 24.2. The van der Waals surface area contributed by atoms with Gasteiger partial charge in [-0.3, -0.25) is 9.69 Å². The van der Waals surface area contributed by atoms with E-state index in [-0.39, 0.29) is 5.91 Å². The van der Waals surface area contributed by atoms with Gasteiger partial charge in [0.2, 0.25) is 5.91 Å². The van der Waals surface area contributed by atoms with Gasteiger partial charge in [-0.25, -0.2) is 0 Å². The van der Waals surface area contributed by atoms with Gasteiger partial charge in [-0.05, 0) is 6.92 Å². The second-order valence-electron chi connectivity index (χ2n) is 5.13. The molecule has 2 atom stereocenters. The van der Waals surface area contributed by atoms with Crippen molar-refractivity contribution in [2.24, 2.45) is 5.73 Å². The van der Waals surface area contributed by atoms with Gasteiger partial charge in [0.05, 0.1) is 4.99 Å². The Morgan fingerprint density at radius 1 is 1.47 bits per heavy atom. The van der Waals surface area contributed by atoms with E-state index in [9.17, 15) is 4.79 Å². The first-order valence-electron chi connectivity index (χ1n) is 6.79.